The van der Waals surface area contributed by atoms with Crippen LogP contribution in [0.5, 0.6) is 5.88 Å². The van der Waals surface area contributed by atoms with Crippen molar-refractivity contribution in [1.82, 2.24) is 10.3 Å². The lowest BCUT2D eigenvalue weighted by Gasteiger charge is -2.18. The van der Waals surface area contributed by atoms with Gasteiger partial charge in [0.15, 0.2) is 6.61 Å². The fraction of sp³-hybridized carbons (Fsp3) is 0.351. The van der Waals surface area contributed by atoms with Gasteiger partial charge in [-0.3, -0.25) is 14.4 Å². The van der Waals surface area contributed by atoms with E-state index in [1.165, 1.54) is 24.4 Å². The Morgan fingerprint density at radius 3 is 2.12 bits per heavy atom. The number of rotatable bonds is 12. The molecular formula is C37H46BrClF2N4O5. The number of aliphatic hydroxyl groups excluding tert-OH is 1. The fourth-order valence-electron chi connectivity index (χ4n) is 3.89. The second kappa shape index (κ2) is 21.7. The zero-order valence-corrected chi connectivity index (χ0v) is 31.8. The number of aromatic nitrogens is 1. The van der Waals surface area contributed by atoms with E-state index in [0.29, 0.717) is 11.3 Å². The number of allylic oxidation sites excluding steroid dienone is 2. The first-order valence-electron chi connectivity index (χ1n) is 16.0. The molecule has 3 aromatic rings. The van der Waals surface area contributed by atoms with Crippen LogP contribution in [0.25, 0.3) is 0 Å². The molecule has 0 saturated heterocycles. The average Bonchev–Trinajstić information content (AvgIpc) is 3.07. The first-order chi connectivity index (χ1) is 23.5. The maximum absolute atomic E-state index is 13.0. The number of anilines is 2. The van der Waals surface area contributed by atoms with Gasteiger partial charge in [0.1, 0.15) is 11.3 Å². The Hall–Kier alpha value is -4.29. The number of aliphatic hydroxyl groups is 1. The molecule has 272 valence electrons. The fourth-order valence-corrected chi connectivity index (χ4v) is 4.35. The predicted molar refractivity (Wildman–Crippen MR) is 200 cm³/mol. The van der Waals surface area contributed by atoms with Crippen molar-refractivity contribution >= 4 is 56.6 Å². The molecule has 1 aromatic heterocycles. The average molecular weight is 780 g/mol. The van der Waals surface area contributed by atoms with Crippen LogP contribution in [0.1, 0.15) is 87.6 Å². The minimum atomic E-state index is -2.78. The Labute approximate surface area is 306 Å². The summed E-state index contributed by atoms with van der Waals surface area (Å²) >= 11 is 9.55. The standard InChI is InChI=1S/C27H26BrClF2N4O4.C8H14O.C2H6/c1-27(2,3)26(38)33-12-15-4-9-21(29)19(10-15)23(36)35-18-11-20(25(32-13-18)39-14-22(30)31)24(37)34-17-7-5-16(28)6-8-17;1-4-6-8(5-2)7(3)9;1-2/h4-11,13,22H,12,14H2,1-3H3,(H,33,38)(H,34,37)(H,35,36);6,9H,3-5H2,1-2H3;1-2H3/b;8-6+;. The Balaban J connectivity index is 0.000000986. The van der Waals surface area contributed by atoms with Gasteiger partial charge in [-0.15, -0.1) is 0 Å². The van der Waals surface area contributed by atoms with E-state index in [-0.39, 0.29) is 45.9 Å². The molecule has 0 radical (unpaired) electrons. The SMILES string of the molecule is C=C(O)/C(=C/CC)CC.CC.CC(C)(C)C(=O)NCc1ccc(Cl)c(C(=O)Nc2cnc(OCC(F)F)c(C(=O)Nc3ccc(Br)cc3)c2)c1. The number of ether oxygens (including phenoxy) is 1. The van der Waals surface area contributed by atoms with E-state index in [1.54, 1.807) is 51.1 Å². The number of carbonyl (C=O) groups is 3. The topological polar surface area (TPSA) is 130 Å². The zero-order valence-electron chi connectivity index (χ0n) is 29.4. The van der Waals surface area contributed by atoms with Crippen molar-refractivity contribution in [1.29, 1.82) is 0 Å². The first kappa shape index (κ1) is 43.7. The summed E-state index contributed by atoms with van der Waals surface area (Å²) in [5.41, 5.74) is 1.53. The summed E-state index contributed by atoms with van der Waals surface area (Å²) in [5, 5.41) is 17.1. The maximum Gasteiger partial charge on any atom is 0.272 e. The second-order valence-electron chi connectivity index (χ2n) is 11.4. The summed E-state index contributed by atoms with van der Waals surface area (Å²) in [4.78, 5) is 42.2. The van der Waals surface area contributed by atoms with E-state index in [4.69, 9.17) is 21.4 Å². The number of benzene rings is 2. The number of amides is 3. The van der Waals surface area contributed by atoms with Gasteiger partial charge in [0, 0.05) is 22.1 Å². The molecule has 0 fully saturated rings. The van der Waals surface area contributed by atoms with Crippen LogP contribution in [-0.2, 0) is 11.3 Å². The van der Waals surface area contributed by atoms with Crippen molar-refractivity contribution in [2.75, 3.05) is 17.2 Å². The van der Waals surface area contributed by atoms with Crippen molar-refractivity contribution in [3.8, 4) is 5.88 Å². The molecular weight excluding hydrogens is 734 g/mol. The zero-order chi connectivity index (χ0) is 38.0. The lowest BCUT2D eigenvalue weighted by Crippen LogP contribution is -2.34. The van der Waals surface area contributed by atoms with Gasteiger partial charge in [0.2, 0.25) is 11.8 Å². The van der Waals surface area contributed by atoms with E-state index in [2.05, 4.69) is 43.4 Å². The largest absolute Gasteiger partial charge is 0.508 e. The van der Waals surface area contributed by atoms with Crippen molar-refractivity contribution in [3.63, 3.8) is 0 Å². The van der Waals surface area contributed by atoms with Crippen molar-refractivity contribution in [2.24, 2.45) is 5.41 Å². The molecule has 4 N–H and O–H groups in total. The molecule has 0 aliphatic heterocycles. The highest BCUT2D eigenvalue weighted by molar-refractivity contribution is 9.10. The number of nitrogens with one attached hydrogen (secondary N) is 3. The van der Waals surface area contributed by atoms with Crippen LogP contribution in [-0.4, -0.2) is 40.8 Å². The maximum atomic E-state index is 13.0. The number of hydrogen-bond donors (Lipinski definition) is 4. The van der Waals surface area contributed by atoms with Gasteiger partial charge >= 0.3 is 0 Å². The third-order valence-corrected chi connectivity index (χ3v) is 7.27. The Kier molecular flexibility index (Phi) is 19.0. The third kappa shape index (κ3) is 15.1. The van der Waals surface area contributed by atoms with Crippen LogP contribution >= 0.6 is 27.5 Å². The predicted octanol–water partition coefficient (Wildman–Crippen LogP) is 10.1. The van der Waals surface area contributed by atoms with Gasteiger partial charge in [-0.1, -0.05) is 94.7 Å². The van der Waals surface area contributed by atoms with Crippen LogP contribution in [0.4, 0.5) is 20.2 Å². The van der Waals surface area contributed by atoms with Gasteiger partial charge in [-0.25, -0.2) is 13.8 Å². The highest BCUT2D eigenvalue weighted by atomic mass is 79.9. The lowest BCUT2D eigenvalue weighted by atomic mass is 9.95. The first-order valence-corrected chi connectivity index (χ1v) is 17.2. The molecule has 1 heterocycles. The summed E-state index contributed by atoms with van der Waals surface area (Å²) in [5.74, 6) is -1.55. The van der Waals surface area contributed by atoms with E-state index < -0.39 is 30.3 Å². The van der Waals surface area contributed by atoms with E-state index in [0.717, 1.165) is 22.9 Å². The van der Waals surface area contributed by atoms with Crippen LogP contribution in [0.2, 0.25) is 5.02 Å². The van der Waals surface area contributed by atoms with E-state index >= 15 is 0 Å². The normalized spacial score (nSPS) is 10.9. The summed E-state index contributed by atoms with van der Waals surface area (Å²) in [6.07, 6.45) is 2.21. The molecule has 0 aliphatic carbocycles. The number of alkyl halides is 2. The smallest absolute Gasteiger partial charge is 0.272 e. The molecule has 9 nitrogen and oxygen atoms in total. The number of nitrogens with zero attached hydrogens (tertiary/aromatic N) is 1. The van der Waals surface area contributed by atoms with E-state index in [1.807, 2.05) is 33.8 Å². The number of carbonyl (C=O) groups excluding carboxylic acids is 3. The molecule has 0 saturated carbocycles. The summed E-state index contributed by atoms with van der Waals surface area (Å²) in [6.45, 7) is 16.1. The molecule has 13 heteroatoms. The number of hydrogen-bond acceptors (Lipinski definition) is 6. The molecule has 3 rings (SSSR count). The number of halogens is 4. The molecule has 0 spiro atoms. The molecule has 0 atom stereocenters. The summed E-state index contributed by atoms with van der Waals surface area (Å²) in [6, 6.07) is 12.7. The Morgan fingerprint density at radius 2 is 1.60 bits per heavy atom. The molecule has 50 heavy (non-hydrogen) atoms. The molecule has 0 unspecified atom stereocenters. The second-order valence-corrected chi connectivity index (χ2v) is 12.7. The minimum absolute atomic E-state index is 0.104. The molecule has 2 aromatic carbocycles. The minimum Gasteiger partial charge on any atom is -0.508 e. The van der Waals surface area contributed by atoms with Crippen molar-refractivity contribution in [2.45, 2.75) is 74.3 Å². The third-order valence-electron chi connectivity index (χ3n) is 6.41. The van der Waals surface area contributed by atoms with Crippen molar-refractivity contribution < 1.29 is 33.0 Å². The van der Waals surface area contributed by atoms with Crippen LogP contribution in [0, 0.1) is 5.41 Å². The summed E-state index contributed by atoms with van der Waals surface area (Å²) < 4.78 is 31.3. The van der Waals surface area contributed by atoms with Gasteiger partial charge in [-0.05, 0) is 66.4 Å². The van der Waals surface area contributed by atoms with Gasteiger partial charge in [-0.2, -0.15) is 0 Å². The van der Waals surface area contributed by atoms with Crippen LogP contribution in [0.15, 0.2) is 83.2 Å². The van der Waals surface area contributed by atoms with Crippen LogP contribution < -0.4 is 20.7 Å². The summed E-state index contributed by atoms with van der Waals surface area (Å²) in [7, 11) is 0. The van der Waals surface area contributed by atoms with Gasteiger partial charge in [0.25, 0.3) is 18.2 Å². The monoisotopic (exact) mass is 778 g/mol. The highest BCUT2D eigenvalue weighted by Crippen LogP contribution is 2.25. The lowest BCUT2D eigenvalue weighted by molar-refractivity contribution is -0.128. The molecule has 0 aliphatic rings. The molecule has 3 amide bonds. The van der Waals surface area contributed by atoms with Gasteiger partial charge < -0.3 is 25.8 Å². The quantitative estimate of drug-likeness (QED) is 0.107. The Morgan fingerprint density at radius 1 is 1.00 bits per heavy atom. The molecule has 0 bridgehead atoms. The highest BCUT2D eigenvalue weighted by Gasteiger charge is 2.22. The Bertz CT molecular complexity index is 1630. The van der Waals surface area contributed by atoms with Crippen molar-refractivity contribution in [3.05, 3.63) is 105 Å². The van der Waals surface area contributed by atoms with E-state index in [9.17, 15) is 23.2 Å². The van der Waals surface area contributed by atoms with Gasteiger partial charge in [0.05, 0.1) is 22.5 Å². The van der Waals surface area contributed by atoms with Crippen LogP contribution in [0.3, 0.4) is 0 Å². The number of pyridine rings is 1.